The molecule has 1 aliphatic carbocycles. The smallest absolute Gasteiger partial charge is 0.181 e. The van der Waals surface area contributed by atoms with Gasteiger partial charge >= 0.3 is 0 Å². The fourth-order valence-corrected chi connectivity index (χ4v) is 3.31. The highest BCUT2D eigenvalue weighted by Crippen LogP contribution is 2.30. The van der Waals surface area contributed by atoms with E-state index < -0.39 is 0 Å². The van der Waals surface area contributed by atoms with Gasteiger partial charge in [-0.25, -0.2) is 4.98 Å². The first-order chi connectivity index (χ1) is 9.26. The third kappa shape index (κ3) is 3.07. The number of thiazole rings is 1. The van der Waals surface area contributed by atoms with Crippen LogP contribution in [0.25, 0.3) is 10.2 Å². The Morgan fingerprint density at radius 2 is 2.26 bits per heavy atom. The molecule has 0 aliphatic heterocycles. The topological polar surface area (TPSA) is 42.2 Å². The minimum absolute atomic E-state index is 0.664. The van der Waals surface area contributed by atoms with Crippen LogP contribution in [-0.2, 0) is 6.54 Å². The fraction of sp³-hybridized carbons (Fsp3) is 0.533. The lowest BCUT2D eigenvalue weighted by atomic mass is 10.2. The summed E-state index contributed by atoms with van der Waals surface area (Å²) in [4.78, 5) is 6.95. The third-order valence-corrected chi connectivity index (χ3v) is 4.56. The summed E-state index contributed by atoms with van der Waals surface area (Å²) in [6.45, 7) is 4.56. The number of rotatable bonds is 6. The van der Waals surface area contributed by atoms with E-state index in [0.717, 1.165) is 18.1 Å². The second-order valence-electron chi connectivity index (χ2n) is 5.41. The first kappa shape index (κ1) is 12.9. The minimum Gasteiger partial charge on any atom is -0.375 e. The molecule has 0 spiro atoms. The van der Waals surface area contributed by atoms with Crippen LogP contribution in [0.2, 0.25) is 0 Å². The van der Waals surface area contributed by atoms with Crippen molar-refractivity contribution in [3.63, 3.8) is 0 Å². The van der Waals surface area contributed by atoms with E-state index in [1.54, 1.807) is 11.3 Å². The molecule has 1 fully saturated rings. The lowest BCUT2D eigenvalue weighted by Crippen LogP contribution is -2.26. The highest BCUT2D eigenvalue weighted by molar-refractivity contribution is 7.22. The molecule has 0 amide bonds. The van der Waals surface area contributed by atoms with Crippen molar-refractivity contribution in [2.24, 2.45) is 0 Å². The van der Waals surface area contributed by atoms with Crippen molar-refractivity contribution in [3.05, 3.63) is 23.8 Å². The number of unbranched alkanes of at least 4 members (excludes halogenated alkanes) is 1. The van der Waals surface area contributed by atoms with Gasteiger partial charge in [-0.1, -0.05) is 30.7 Å². The molecule has 3 rings (SSSR count). The molecule has 0 saturated heterocycles. The second kappa shape index (κ2) is 5.47. The van der Waals surface area contributed by atoms with Gasteiger partial charge in [0.1, 0.15) is 0 Å². The van der Waals surface area contributed by atoms with Crippen molar-refractivity contribution in [2.75, 3.05) is 12.3 Å². The van der Waals surface area contributed by atoms with Crippen molar-refractivity contribution >= 4 is 26.7 Å². The van der Waals surface area contributed by atoms with Crippen molar-refractivity contribution in [1.82, 2.24) is 9.88 Å². The highest BCUT2D eigenvalue weighted by atomic mass is 32.1. The SMILES string of the molecule is CCCCN(Cc1ccc2nc(N)sc2c1)C1CC1. The van der Waals surface area contributed by atoms with Gasteiger partial charge in [0, 0.05) is 12.6 Å². The Bertz CT molecular complexity index is 560. The summed E-state index contributed by atoms with van der Waals surface area (Å²) in [7, 11) is 0. The lowest BCUT2D eigenvalue weighted by molar-refractivity contribution is 0.251. The average Bonchev–Trinajstić information content (AvgIpc) is 3.16. The molecular formula is C15H21N3S. The summed E-state index contributed by atoms with van der Waals surface area (Å²) >= 11 is 1.58. The summed E-state index contributed by atoms with van der Waals surface area (Å²) in [5.41, 5.74) is 8.18. The van der Waals surface area contributed by atoms with Gasteiger partial charge in [0.2, 0.25) is 0 Å². The van der Waals surface area contributed by atoms with Crippen LogP contribution >= 0.6 is 11.3 Å². The van der Waals surface area contributed by atoms with Gasteiger partial charge in [-0.3, -0.25) is 4.90 Å². The quantitative estimate of drug-likeness (QED) is 0.875. The van der Waals surface area contributed by atoms with Gasteiger partial charge in [0.25, 0.3) is 0 Å². The highest BCUT2D eigenvalue weighted by Gasteiger charge is 2.28. The Kier molecular flexibility index (Phi) is 3.71. The zero-order chi connectivity index (χ0) is 13.2. The van der Waals surface area contributed by atoms with E-state index in [9.17, 15) is 0 Å². The lowest BCUT2D eigenvalue weighted by Gasteiger charge is -2.21. The molecule has 1 aliphatic rings. The predicted octanol–water partition coefficient (Wildman–Crippen LogP) is 3.64. The van der Waals surface area contributed by atoms with Crippen LogP contribution in [0.4, 0.5) is 5.13 Å². The molecule has 1 heterocycles. The van der Waals surface area contributed by atoms with Crippen LogP contribution in [0.1, 0.15) is 38.2 Å². The summed E-state index contributed by atoms with van der Waals surface area (Å²) in [6.07, 6.45) is 5.32. The molecule has 0 atom stereocenters. The average molecular weight is 275 g/mol. The zero-order valence-electron chi connectivity index (χ0n) is 11.4. The number of anilines is 1. The Morgan fingerprint density at radius 1 is 1.42 bits per heavy atom. The van der Waals surface area contributed by atoms with E-state index in [4.69, 9.17) is 5.73 Å². The Labute approximate surface area is 118 Å². The largest absolute Gasteiger partial charge is 0.375 e. The number of hydrogen-bond donors (Lipinski definition) is 1. The number of benzene rings is 1. The molecule has 1 aromatic carbocycles. The van der Waals surface area contributed by atoms with E-state index >= 15 is 0 Å². The molecule has 0 radical (unpaired) electrons. The molecule has 0 bridgehead atoms. The number of nitrogen functional groups attached to an aromatic ring is 1. The maximum absolute atomic E-state index is 5.76. The van der Waals surface area contributed by atoms with Crippen LogP contribution < -0.4 is 5.73 Å². The summed E-state index contributed by atoms with van der Waals surface area (Å²) < 4.78 is 1.21. The molecule has 1 aromatic heterocycles. The van der Waals surface area contributed by atoms with E-state index in [-0.39, 0.29) is 0 Å². The minimum atomic E-state index is 0.664. The van der Waals surface area contributed by atoms with Gasteiger partial charge in [0.05, 0.1) is 10.2 Å². The number of hydrogen-bond acceptors (Lipinski definition) is 4. The zero-order valence-corrected chi connectivity index (χ0v) is 12.2. The van der Waals surface area contributed by atoms with E-state index in [1.807, 2.05) is 0 Å². The van der Waals surface area contributed by atoms with Gasteiger partial charge < -0.3 is 5.73 Å². The first-order valence-electron chi connectivity index (χ1n) is 7.15. The summed E-state index contributed by atoms with van der Waals surface area (Å²) in [6, 6.07) is 7.38. The molecule has 1 saturated carbocycles. The molecule has 4 heteroatoms. The third-order valence-electron chi connectivity index (χ3n) is 3.72. The van der Waals surface area contributed by atoms with Crippen LogP contribution in [0.5, 0.6) is 0 Å². The summed E-state index contributed by atoms with van der Waals surface area (Å²) in [5.74, 6) is 0. The van der Waals surface area contributed by atoms with Crippen molar-refractivity contribution < 1.29 is 0 Å². The van der Waals surface area contributed by atoms with Gasteiger partial charge in [0.15, 0.2) is 5.13 Å². The molecule has 19 heavy (non-hydrogen) atoms. The molecule has 2 N–H and O–H groups in total. The van der Waals surface area contributed by atoms with E-state index in [1.165, 1.54) is 42.5 Å². The number of nitrogens with two attached hydrogens (primary N) is 1. The maximum atomic E-state index is 5.76. The Balaban J connectivity index is 1.74. The normalized spacial score (nSPS) is 15.5. The van der Waals surface area contributed by atoms with Crippen LogP contribution in [0.15, 0.2) is 18.2 Å². The predicted molar refractivity (Wildman–Crippen MR) is 82.4 cm³/mol. The number of aromatic nitrogens is 1. The van der Waals surface area contributed by atoms with E-state index in [0.29, 0.717) is 5.13 Å². The fourth-order valence-electron chi connectivity index (χ4n) is 2.51. The van der Waals surface area contributed by atoms with E-state index in [2.05, 4.69) is 35.0 Å². The van der Waals surface area contributed by atoms with Gasteiger partial charge in [-0.2, -0.15) is 0 Å². The van der Waals surface area contributed by atoms with Crippen molar-refractivity contribution in [1.29, 1.82) is 0 Å². The first-order valence-corrected chi connectivity index (χ1v) is 7.97. The monoisotopic (exact) mass is 275 g/mol. The van der Waals surface area contributed by atoms with Crippen LogP contribution in [0, 0.1) is 0 Å². The maximum Gasteiger partial charge on any atom is 0.181 e. The van der Waals surface area contributed by atoms with Crippen molar-refractivity contribution in [2.45, 2.75) is 45.2 Å². The molecule has 102 valence electrons. The van der Waals surface area contributed by atoms with Crippen molar-refractivity contribution in [3.8, 4) is 0 Å². The number of nitrogens with zero attached hydrogens (tertiary/aromatic N) is 2. The summed E-state index contributed by atoms with van der Waals surface area (Å²) in [5, 5.41) is 0.664. The Morgan fingerprint density at radius 3 is 3.00 bits per heavy atom. The number of fused-ring (bicyclic) bond motifs is 1. The van der Waals surface area contributed by atoms with Crippen LogP contribution in [0.3, 0.4) is 0 Å². The molecule has 2 aromatic rings. The Hall–Kier alpha value is -1.13. The van der Waals surface area contributed by atoms with Crippen LogP contribution in [-0.4, -0.2) is 22.5 Å². The molecular weight excluding hydrogens is 254 g/mol. The molecule has 3 nitrogen and oxygen atoms in total. The molecule has 0 unspecified atom stereocenters. The standard InChI is InChI=1S/C15H21N3S/c1-2-3-8-18(12-5-6-12)10-11-4-7-13-14(9-11)19-15(16)17-13/h4,7,9,12H,2-3,5-6,8,10H2,1H3,(H2,16,17). The van der Waals surface area contributed by atoms with Gasteiger partial charge in [-0.05, 0) is 43.5 Å². The second-order valence-corrected chi connectivity index (χ2v) is 6.47. The van der Waals surface area contributed by atoms with Gasteiger partial charge in [-0.15, -0.1) is 0 Å².